The summed E-state index contributed by atoms with van der Waals surface area (Å²) in [5, 5.41) is 10.7. The lowest BCUT2D eigenvalue weighted by atomic mass is 10.1. The molecular weight excluding hydrogens is 360 g/mol. The predicted octanol–water partition coefficient (Wildman–Crippen LogP) is 2.05. The first-order valence-corrected chi connectivity index (χ1v) is 9.29. The molecule has 0 spiro atoms. The van der Waals surface area contributed by atoms with Crippen LogP contribution in [0.15, 0.2) is 59.5 Å². The molecule has 9 heteroatoms. The van der Waals surface area contributed by atoms with E-state index in [1.54, 1.807) is 31.2 Å². The molecule has 1 unspecified atom stereocenters. The molecule has 8 nitrogen and oxygen atoms in total. The van der Waals surface area contributed by atoms with Crippen molar-refractivity contribution in [3.05, 3.63) is 70.3 Å². The number of nitrogens with one attached hydrogen (secondary N) is 1. The predicted molar refractivity (Wildman–Crippen MR) is 94.0 cm³/mol. The highest BCUT2D eigenvalue weighted by molar-refractivity contribution is 7.89. The van der Waals surface area contributed by atoms with E-state index in [4.69, 9.17) is 4.74 Å². The molecule has 2 rings (SSSR count). The number of benzene rings is 2. The highest BCUT2D eigenvalue weighted by Gasteiger charge is 2.27. The Labute approximate surface area is 151 Å². The van der Waals surface area contributed by atoms with Crippen LogP contribution < -0.4 is 4.72 Å². The second kappa shape index (κ2) is 8.54. The Morgan fingerprint density at radius 2 is 1.77 bits per heavy atom. The van der Waals surface area contributed by atoms with Crippen molar-refractivity contribution in [2.24, 2.45) is 0 Å². The van der Waals surface area contributed by atoms with Gasteiger partial charge >= 0.3 is 5.97 Å². The highest BCUT2D eigenvalue weighted by atomic mass is 32.2. The van der Waals surface area contributed by atoms with Gasteiger partial charge in [0.05, 0.1) is 16.4 Å². The second-order valence-electron chi connectivity index (χ2n) is 5.37. The molecule has 0 aliphatic carbocycles. The second-order valence-corrected chi connectivity index (χ2v) is 7.08. The number of ether oxygens (including phenoxy) is 1. The van der Waals surface area contributed by atoms with E-state index in [1.165, 1.54) is 0 Å². The monoisotopic (exact) mass is 378 g/mol. The molecule has 0 aromatic heterocycles. The lowest BCUT2D eigenvalue weighted by Crippen LogP contribution is -2.43. The first-order chi connectivity index (χ1) is 12.3. The van der Waals surface area contributed by atoms with Crippen LogP contribution in [0.2, 0.25) is 0 Å². The minimum absolute atomic E-state index is 0.114. The number of nitro benzene ring substituents is 1. The van der Waals surface area contributed by atoms with Crippen LogP contribution >= 0.6 is 0 Å². The molecule has 0 fully saturated rings. The fourth-order valence-electron chi connectivity index (χ4n) is 2.27. The fourth-order valence-corrected chi connectivity index (χ4v) is 3.45. The van der Waals surface area contributed by atoms with Crippen LogP contribution in [0.5, 0.6) is 0 Å². The number of sulfonamides is 1. The molecule has 1 N–H and O–H groups in total. The lowest BCUT2D eigenvalue weighted by Gasteiger charge is -2.17. The van der Waals surface area contributed by atoms with Crippen LogP contribution in [0.1, 0.15) is 12.5 Å². The Balaban J connectivity index is 2.24. The van der Waals surface area contributed by atoms with Crippen molar-refractivity contribution in [2.75, 3.05) is 6.61 Å². The molecule has 138 valence electrons. The maximum Gasteiger partial charge on any atom is 0.324 e. The number of esters is 1. The number of carbonyl (C=O) groups excluding carboxylic acids is 1. The van der Waals surface area contributed by atoms with E-state index in [9.17, 15) is 23.3 Å². The van der Waals surface area contributed by atoms with Crippen LogP contribution in [0.25, 0.3) is 0 Å². The molecule has 0 heterocycles. The first kappa shape index (κ1) is 19.5. The lowest BCUT2D eigenvalue weighted by molar-refractivity contribution is -0.384. The van der Waals surface area contributed by atoms with Crippen LogP contribution in [0.4, 0.5) is 5.69 Å². The van der Waals surface area contributed by atoms with Gasteiger partial charge in [-0.3, -0.25) is 14.9 Å². The Bertz CT molecular complexity index is 866. The van der Waals surface area contributed by atoms with Gasteiger partial charge in [-0.15, -0.1) is 0 Å². The highest BCUT2D eigenvalue weighted by Crippen LogP contribution is 2.17. The summed E-state index contributed by atoms with van der Waals surface area (Å²) in [4.78, 5) is 22.0. The van der Waals surface area contributed by atoms with Crippen molar-refractivity contribution < 1.29 is 22.9 Å². The minimum Gasteiger partial charge on any atom is -0.465 e. The summed E-state index contributed by atoms with van der Waals surface area (Å²) in [5.74, 6) is -0.693. The molecule has 26 heavy (non-hydrogen) atoms. The molecule has 1 atom stereocenters. The number of hydrogen-bond donors (Lipinski definition) is 1. The zero-order valence-corrected chi connectivity index (χ0v) is 14.8. The molecule has 2 aromatic rings. The third kappa shape index (κ3) is 5.11. The van der Waals surface area contributed by atoms with Crippen molar-refractivity contribution in [1.82, 2.24) is 4.72 Å². The summed E-state index contributed by atoms with van der Waals surface area (Å²) in [7, 11) is -4.06. The average Bonchev–Trinajstić information content (AvgIpc) is 2.62. The van der Waals surface area contributed by atoms with Gasteiger partial charge in [-0.25, -0.2) is 8.42 Å². The maximum atomic E-state index is 12.5. The van der Waals surface area contributed by atoms with Crippen molar-refractivity contribution in [3.8, 4) is 0 Å². The normalized spacial score (nSPS) is 12.3. The van der Waals surface area contributed by atoms with Gasteiger partial charge < -0.3 is 4.74 Å². The largest absolute Gasteiger partial charge is 0.465 e. The van der Waals surface area contributed by atoms with Gasteiger partial charge in [-0.2, -0.15) is 4.72 Å². The number of nitro groups is 1. The summed E-state index contributed by atoms with van der Waals surface area (Å²) in [5.41, 5.74) is 0.534. The number of nitrogens with zero attached hydrogens (tertiary/aromatic N) is 1. The Kier molecular flexibility index (Phi) is 6.42. The van der Waals surface area contributed by atoms with Crippen molar-refractivity contribution >= 4 is 21.7 Å². The maximum absolute atomic E-state index is 12.5. The number of rotatable bonds is 8. The quantitative estimate of drug-likeness (QED) is 0.427. The van der Waals surface area contributed by atoms with Gasteiger partial charge in [-0.1, -0.05) is 30.3 Å². The van der Waals surface area contributed by atoms with Crippen LogP contribution in [-0.2, 0) is 26.0 Å². The Hall–Kier alpha value is -2.78. The average molecular weight is 378 g/mol. The van der Waals surface area contributed by atoms with E-state index in [0.29, 0.717) is 0 Å². The molecule has 0 radical (unpaired) electrons. The van der Waals surface area contributed by atoms with E-state index in [2.05, 4.69) is 4.72 Å². The molecule has 0 saturated heterocycles. The standard InChI is InChI=1S/C17H18N2O6S/c1-2-25-17(20)16(12-13-6-4-3-5-7-13)18-26(23,24)15-10-8-14(9-11-15)19(21)22/h3-11,16,18H,2,12H2,1H3. The summed E-state index contributed by atoms with van der Waals surface area (Å²) in [6.07, 6.45) is 0.117. The van der Waals surface area contributed by atoms with E-state index < -0.39 is 27.0 Å². The van der Waals surface area contributed by atoms with Gasteiger partial charge in [0.1, 0.15) is 6.04 Å². The number of hydrogen-bond acceptors (Lipinski definition) is 6. The zero-order valence-electron chi connectivity index (χ0n) is 14.0. The van der Waals surface area contributed by atoms with Gasteiger partial charge in [0, 0.05) is 12.1 Å². The van der Waals surface area contributed by atoms with Crippen molar-refractivity contribution in [1.29, 1.82) is 0 Å². The van der Waals surface area contributed by atoms with E-state index in [1.807, 2.05) is 6.07 Å². The molecule has 2 aromatic carbocycles. The molecule has 0 aliphatic rings. The van der Waals surface area contributed by atoms with Gasteiger partial charge in [-0.05, 0) is 31.0 Å². The molecule has 0 saturated carbocycles. The van der Waals surface area contributed by atoms with Crippen LogP contribution in [-0.4, -0.2) is 32.0 Å². The molecule has 0 bridgehead atoms. The van der Waals surface area contributed by atoms with E-state index in [0.717, 1.165) is 29.8 Å². The summed E-state index contributed by atoms with van der Waals surface area (Å²) < 4.78 is 32.3. The fraction of sp³-hybridized carbons (Fsp3) is 0.235. The minimum atomic E-state index is -4.06. The third-order valence-electron chi connectivity index (χ3n) is 3.51. The summed E-state index contributed by atoms with van der Waals surface area (Å²) in [6.45, 7) is 1.74. The van der Waals surface area contributed by atoms with E-state index in [-0.39, 0.29) is 23.6 Å². The number of carbonyl (C=O) groups is 1. The molecular formula is C17H18N2O6S. The third-order valence-corrected chi connectivity index (χ3v) is 5.00. The van der Waals surface area contributed by atoms with E-state index >= 15 is 0 Å². The van der Waals surface area contributed by atoms with Gasteiger partial charge in [0.2, 0.25) is 10.0 Å². The SMILES string of the molecule is CCOC(=O)C(Cc1ccccc1)NS(=O)(=O)c1ccc([N+](=O)[O-])cc1. The topological polar surface area (TPSA) is 116 Å². The number of non-ortho nitro benzene ring substituents is 1. The smallest absolute Gasteiger partial charge is 0.324 e. The Morgan fingerprint density at radius 1 is 1.15 bits per heavy atom. The van der Waals surface area contributed by atoms with Crippen LogP contribution in [0.3, 0.4) is 0 Å². The first-order valence-electron chi connectivity index (χ1n) is 7.81. The summed E-state index contributed by atoms with van der Waals surface area (Å²) >= 11 is 0. The summed E-state index contributed by atoms with van der Waals surface area (Å²) in [6, 6.07) is 12.2. The molecule has 0 amide bonds. The zero-order chi connectivity index (χ0) is 19.2. The van der Waals surface area contributed by atoms with Crippen LogP contribution in [0, 0.1) is 10.1 Å². The van der Waals surface area contributed by atoms with Gasteiger partial charge in [0.25, 0.3) is 5.69 Å². The Morgan fingerprint density at radius 3 is 2.31 bits per heavy atom. The molecule has 0 aliphatic heterocycles. The van der Waals surface area contributed by atoms with Crippen molar-refractivity contribution in [3.63, 3.8) is 0 Å². The van der Waals surface area contributed by atoms with Gasteiger partial charge in [0.15, 0.2) is 0 Å². The van der Waals surface area contributed by atoms with Crippen molar-refractivity contribution in [2.45, 2.75) is 24.3 Å².